The smallest absolute Gasteiger partial charge is 0.221 e. The molecule has 0 bridgehead atoms. The van der Waals surface area contributed by atoms with Crippen LogP contribution >= 0.6 is 0 Å². The second-order valence-corrected chi connectivity index (χ2v) is 4.31. The summed E-state index contributed by atoms with van der Waals surface area (Å²) < 4.78 is 0. The number of hydrogen-bond acceptors (Lipinski definition) is 4. The molecule has 1 atom stereocenters. The van der Waals surface area contributed by atoms with E-state index in [2.05, 4.69) is 10.6 Å². The summed E-state index contributed by atoms with van der Waals surface area (Å²) in [6.45, 7) is 2.83. The zero-order valence-corrected chi connectivity index (χ0v) is 9.55. The third-order valence-electron chi connectivity index (χ3n) is 2.78. The van der Waals surface area contributed by atoms with Crippen LogP contribution in [0.15, 0.2) is 0 Å². The third kappa shape index (κ3) is 4.15. The highest BCUT2D eigenvalue weighted by atomic mass is 16.3. The molecule has 15 heavy (non-hydrogen) atoms. The van der Waals surface area contributed by atoms with Crippen LogP contribution in [0, 0.1) is 0 Å². The Labute approximate surface area is 90.8 Å². The summed E-state index contributed by atoms with van der Waals surface area (Å²) >= 11 is 0. The van der Waals surface area contributed by atoms with E-state index in [1.807, 2.05) is 11.9 Å². The van der Waals surface area contributed by atoms with Crippen LogP contribution in [0.1, 0.15) is 12.8 Å². The third-order valence-corrected chi connectivity index (χ3v) is 2.78. The minimum Gasteiger partial charge on any atom is -0.387 e. The van der Waals surface area contributed by atoms with Crippen molar-refractivity contribution in [1.82, 2.24) is 15.5 Å². The van der Waals surface area contributed by atoms with Crippen molar-refractivity contribution in [2.24, 2.45) is 0 Å². The van der Waals surface area contributed by atoms with Crippen LogP contribution in [-0.2, 0) is 4.79 Å². The minimum atomic E-state index is -0.614. The summed E-state index contributed by atoms with van der Waals surface area (Å²) in [6.07, 6.45) is 1.27. The molecule has 1 saturated heterocycles. The van der Waals surface area contributed by atoms with Gasteiger partial charge in [-0.15, -0.1) is 0 Å². The lowest BCUT2D eigenvalue weighted by atomic mass is 10.0. The first-order valence-corrected chi connectivity index (χ1v) is 5.38. The average molecular weight is 215 g/mol. The topological polar surface area (TPSA) is 64.6 Å². The SMILES string of the molecule is CNC(=O)CCN(C)CC1(O)CCNC1. The number of aliphatic hydroxyl groups is 1. The summed E-state index contributed by atoms with van der Waals surface area (Å²) in [4.78, 5) is 13.0. The Balaban J connectivity index is 2.23. The van der Waals surface area contributed by atoms with Gasteiger partial charge in [-0.1, -0.05) is 0 Å². The van der Waals surface area contributed by atoms with Crippen molar-refractivity contribution >= 4 is 5.91 Å². The van der Waals surface area contributed by atoms with Gasteiger partial charge in [0, 0.05) is 33.1 Å². The van der Waals surface area contributed by atoms with Crippen LogP contribution < -0.4 is 10.6 Å². The largest absolute Gasteiger partial charge is 0.387 e. The molecule has 1 rings (SSSR count). The molecule has 5 heteroatoms. The number of amides is 1. The zero-order chi connectivity index (χ0) is 11.3. The monoisotopic (exact) mass is 215 g/mol. The Bertz CT molecular complexity index is 215. The number of carbonyl (C=O) groups excluding carboxylic acids is 1. The van der Waals surface area contributed by atoms with Crippen LogP contribution in [0.5, 0.6) is 0 Å². The van der Waals surface area contributed by atoms with Gasteiger partial charge in [-0.05, 0) is 20.0 Å². The molecule has 1 heterocycles. The van der Waals surface area contributed by atoms with Crippen LogP contribution in [0.4, 0.5) is 0 Å². The van der Waals surface area contributed by atoms with Gasteiger partial charge < -0.3 is 20.6 Å². The normalized spacial score (nSPS) is 25.9. The highest BCUT2D eigenvalue weighted by Crippen LogP contribution is 2.15. The number of likely N-dealkylation sites (N-methyl/N-ethyl adjacent to an activating group) is 1. The van der Waals surface area contributed by atoms with Gasteiger partial charge in [-0.2, -0.15) is 0 Å². The highest BCUT2D eigenvalue weighted by Gasteiger charge is 2.31. The number of nitrogens with one attached hydrogen (secondary N) is 2. The van der Waals surface area contributed by atoms with Crippen LogP contribution in [-0.4, -0.2) is 61.8 Å². The van der Waals surface area contributed by atoms with Crippen LogP contribution in [0.25, 0.3) is 0 Å². The predicted molar refractivity (Wildman–Crippen MR) is 58.6 cm³/mol. The van der Waals surface area contributed by atoms with Gasteiger partial charge >= 0.3 is 0 Å². The molecule has 0 aromatic rings. The number of nitrogens with zero attached hydrogens (tertiary/aromatic N) is 1. The van der Waals surface area contributed by atoms with Crippen molar-refractivity contribution < 1.29 is 9.90 Å². The maximum atomic E-state index is 11.0. The van der Waals surface area contributed by atoms with Crippen molar-refractivity contribution in [2.75, 3.05) is 40.3 Å². The Morgan fingerprint density at radius 2 is 2.40 bits per heavy atom. The molecule has 1 aliphatic heterocycles. The standard InChI is InChI=1S/C10H21N3O2/c1-11-9(14)3-6-13(2)8-10(15)4-5-12-7-10/h12,15H,3-8H2,1-2H3,(H,11,14). The zero-order valence-electron chi connectivity index (χ0n) is 9.55. The maximum absolute atomic E-state index is 11.0. The van der Waals surface area contributed by atoms with Crippen molar-refractivity contribution in [3.63, 3.8) is 0 Å². The molecular weight excluding hydrogens is 194 g/mol. The van der Waals surface area contributed by atoms with E-state index in [1.165, 1.54) is 0 Å². The van der Waals surface area contributed by atoms with Gasteiger partial charge in [-0.3, -0.25) is 4.79 Å². The Morgan fingerprint density at radius 1 is 1.67 bits per heavy atom. The Hall–Kier alpha value is -0.650. The summed E-state index contributed by atoms with van der Waals surface area (Å²) in [6, 6.07) is 0. The molecule has 88 valence electrons. The van der Waals surface area contributed by atoms with Crippen molar-refractivity contribution in [3.05, 3.63) is 0 Å². The number of β-amino-alcohol motifs (C(OH)–C–C–N with tert-alkyl or cyclic N) is 1. The first-order valence-electron chi connectivity index (χ1n) is 5.38. The highest BCUT2D eigenvalue weighted by molar-refractivity contribution is 5.75. The second-order valence-electron chi connectivity index (χ2n) is 4.31. The molecule has 5 nitrogen and oxygen atoms in total. The lowest BCUT2D eigenvalue weighted by Gasteiger charge is -2.27. The molecule has 0 saturated carbocycles. The first kappa shape index (κ1) is 12.4. The first-order chi connectivity index (χ1) is 7.06. The van der Waals surface area contributed by atoms with E-state index >= 15 is 0 Å². The van der Waals surface area contributed by atoms with E-state index in [0.717, 1.165) is 13.0 Å². The molecular formula is C10H21N3O2. The van der Waals surface area contributed by atoms with E-state index in [1.54, 1.807) is 7.05 Å². The molecule has 1 fully saturated rings. The number of hydrogen-bond donors (Lipinski definition) is 3. The van der Waals surface area contributed by atoms with Crippen molar-refractivity contribution in [1.29, 1.82) is 0 Å². The number of carbonyl (C=O) groups is 1. The van der Waals surface area contributed by atoms with Gasteiger partial charge in [0.1, 0.15) is 0 Å². The fourth-order valence-electron chi connectivity index (χ4n) is 1.86. The summed E-state index contributed by atoms with van der Waals surface area (Å²) in [5.74, 6) is 0.0402. The molecule has 1 aliphatic rings. The van der Waals surface area contributed by atoms with E-state index in [0.29, 0.717) is 26.1 Å². The number of rotatable bonds is 5. The second kappa shape index (κ2) is 5.44. The fourth-order valence-corrected chi connectivity index (χ4v) is 1.86. The summed E-state index contributed by atoms with van der Waals surface area (Å²) in [5.41, 5.74) is -0.614. The van der Waals surface area contributed by atoms with Crippen molar-refractivity contribution in [2.45, 2.75) is 18.4 Å². The lowest BCUT2D eigenvalue weighted by molar-refractivity contribution is -0.121. The van der Waals surface area contributed by atoms with E-state index in [4.69, 9.17) is 0 Å². The molecule has 0 radical (unpaired) electrons. The Morgan fingerprint density at radius 3 is 2.93 bits per heavy atom. The van der Waals surface area contributed by atoms with Gasteiger partial charge in [0.05, 0.1) is 5.60 Å². The molecule has 1 amide bonds. The molecule has 0 aliphatic carbocycles. The summed E-state index contributed by atoms with van der Waals surface area (Å²) in [5, 5.41) is 15.8. The predicted octanol–water partition coefficient (Wildman–Crippen LogP) is -1.22. The molecule has 3 N–H and O–H groups in total. The van der Waals surface area contributed by atoms with E-state index in [-0.39, 0.29) is 5.91 Å². The molecule has 0 aromatic heterocycles. The summed E-state index contributed by atoms with van der Waals surface area (Å²) in [7, 11) is 3.57. The fraction of sp³-hybridized carbons (Fsp3) is 0.900. The van der Waals surface area contributed by atoms with E-state index < -0.39 is 5.60 Å². The maximum Gasteiger partial charge on any atom is 0.221 e. The van der Waals surface area contributed by atoms with Gasteiger partial charge in [0.15, 0.2) is 0 Å². The minimum absolute atomic E-state index is 0.0402. The molecule has 0 aromatic carbocycles. The lowest BCUT2D eigenvalue weighted by Crippen LogP contribution is -2.44. The molecule has 0 spiro atoms. The van der Waals surface area contributed by atoms with Crippen molar-refractivity contribution in [3.8, 4) is 0 Å². The average Bonchev–Trinajstić information content (AvgIpc) is 2.61. The Kier molecular flexibility index (Phi) is 4.50. The van der Waals surface area contributed by atoms with Crippen LogP contribution in [0.3, 0.4) is 0 Å². The van der Waals surface area contributed by atoms with Gasteiger partial charge in [-0.25, -0.2) is 0 Å². The quantitative estimate of drug-likeness (QED) is 0.538. The van der Waals surface area contributed by atoms with Gasteiger partial charge in [0.25, 0.3) is 0 Å². The van der Waals surface area contributed by atoms with E-state index in [9.17, 15) is 9.90 Å². The molecule has 1 unspecified atom stereocenters. The van der Waals surface area contributed by atoms with Gasteiger partial charge in [0.2, 0.25) is 5.91 Å². The van der Waals surface area contributed by atoms with Crippen LogP contribution in [0.2, 0.25) is 0 Å².